The number of hydrogen-bond donors (Lipinski definition) is 1. The lowest BCUT2D eigenvalue weighted by Gasteiger charge is -1.99. The first-order valence-corrected chi connectivity index (χ1v) is 4.68. The fraction of sp³-hybridized carbons (Fsp3) is 0.250. The first-order valence-electron chi connectivity index (χ1n) is 4.68. The van der Waals surface area contributed by atoms with Gasteiger partial charge in [0.05, 0.1) is 0 Å². The lowest BCUT2D eigenvalue weighted by atomic mass is 10.1. The molecular formula is C12H14N. The summed E-state index contributed by atoms with van der Waals surface area (Å²) in [6.07, 6.45) is 2.24. The van der Waals surface area contributed by atoms with Crippen molar-refractivity contribution in [2.24, 2.45) is 5.92 Å². The number of H-pyrrole nitrogens is 1. The Kier molecular flexibility index (Phi) is 2.09. The second-order valence-electron chi connectivity index (χ2n) is 3.72. The van der Waals surface area contributed by atoms with Gasteiger partial charge in [-0.15, -0.1) is 0 Å². The van der Waals surface area contributed by atoms with Crippen molar-refractivity contribution in [1.29, 1.82) is 0 Å². The number of aromatic nitrogens is 1. The van der Waals surface area contributed by atoms with Gasteiger partial charge in [-0.25, -0.2) is 0 Å². The van der Waals surface area contributed by atoms with Crippen molar-refractivity contribution in [1.82, 2.24) is 4.98 Å². The summed E-state index contributed by atoms with van der Waals surface area (Å²) in [5.74, 6) is 0.591. The molecule has 1 heterocycles. The molecule has 0 fully saturated rings. The summed E-state index contributed by atoms with van der Waals surface area (Å²) in [6, 6.07) is 10.5. The summed E-state index contributed by atoms with van der Waals surface area (Å²) in [5, 5.41) is 1.29. The van der Waals surface area contributed by atoms with Crippen molar-refractivity contribution in [3.63, 3.8) is 0 Å². The number of rotatable bonds is 2. The Balaban J connectivity index is 2.38. The summed E-state index contributed by atoms with van der Waals surface area (Å²) < 4.78 is 0. The molecule has 13 heavy (non-hydrogen) atoms. The van der Waals surface area contributed by atoms with Gasteiger partial charge in [-0.2, -0.15) is 0 Å². The standard InChI is InChI=1S/C12H14N/c1-9(2)7-11-8-10-5-3-4-6-12(10)13-11/h3-9,13H,1-2H3. The van der Waals surface area contributed by atoms with E-state index in [4.69, 9.17) is 0 Å². The first-order chi connectivity index (χ1) is 6.25. The van der Waals surface area contributed by atoms with Crippen LogP contribution in [0.3, 0.4) is 0 Å². The van der Waals surface area contributed by atoms with Gasteiger partial charge in [0, 0.05) is 17.6 Å². The maximum absolute atomic E-state index is 3.37. The van der Waals surface area contributed by atoms with E-state index >= 15 is 0 Å². The Labute approximate surface area is 78.8 Å². The fourth-order valence-electron chi connectivity index (χ4n) is 1.54. The first kappa shape index (κ1) is 8.36. The molecule has 67 valence electrons. The third kappa shape index (κ3) is 1.74. The minimum atomic E-state index is 0.591. The Bertz CT molecular complexity index is 365. The van der Waals surface area contributed by atoms with Gasteiger partial charge in [-0.1, -0.05) is 32.0 Å². The van der Waals surface area contributed by atoms with Crippen molar-refractivity contribution in [3.8, 4) is 0 Å². The van der Waals surface area contributed by atoms with Crippen molar-refractivity contribution in [2.75, 3.05) is 0 Å². The van der Waals surface area contributed by atoms with Gasteiger partial charge in [0.15, 0.2) is 0 Å². The monoisotopic (exact) mass is 172 g/mol. The van der Waals surface area contributed by atoms with E-state index in [1.807, 2.05) is 0 Å². The zero-order valence-electron chi connectivity index (χ0n) is 8.04. The number of fused-ring (bicyclic) bond motifs is 1. The van der Waals surface area contributed by atoms with E-state index in [0.29, 0.717) is 5.92 Å². The number of benzene rings is 1. The molecule has 0 aliphatic carbocycles. The second-order valence-corrected chi connectivity index (χ2v) is 3.72. The molecule has 1 N–H and O–H groups in total. The van der Waals surface area contributed by atoms with E-state index in [-0.39, 0.29) is 0 Å². The largest absolute Gasteiger partial charge is 0.358 e. The average molecular weight is 172 g/mol. The van der Waals surface area contributed by atoms with Gasteiger partial charge in [0.25, 0.3) is 0 Å². The molecule has 1 radical (unpaired) electrons. The Morgan fingerprint density at radius 3 is 2.69 bits per heavy atom. The normalized spacial score (nSPS) is 11.3. The molecule has 1 nitrogen and oxygen atoms in total. The van der Waals surface area contributed by atoms with Crippen molar-refractivity contribution < 1.29 is 0 Å². The number of aromatic amines is 1. The minimum Gasteiger partial charge on any atom is -0.358 e. The molecule has 1 aromatic carbocycles. The molecule has 0 atom stereocenters. The van der Waals surface area contributed by atoms with Crippen LogP contribution < -0.4 is 0 Å². The highest BCUT2D eigenvalue weighted by molar-refractivity contribution is 5.80. The van der Waals surface area contributed by atoms with Crippen LogP contribution in [0.4, 0.5) is 0 Å². The van der Waals surface area contributed by atoms with Gasteiger partial charge >= 0.3 is 0 Å². The zero-order valence-corrected chi connectivity index (χ0v) is 8.04. The smallest absolute Gasteiger partial charge is 0.0456 e. The molecule has 2 rings (SSSR count). The molecular weight excluding hydrogens is 158 g/mol. The van der Waals surface area contributed by atoms with Crippen LogP contribution >= 0.6 is 0 Å². The van der Waals surface area contributed by atoms with Crippen LogP contribution in [0.2, 0.25) is 0 Å². The Hall–Kier alpha value is -1.24. The highest BCUT2D eigenvalue weighted by atomic mass is 14.7. The summed E-state index contributed by atoms with van der Waals surface area (Å²) >= 11 is 0. The Morgan fingerprint density at radius 1 is 1.23 bits per heavy atom. The van der Waals surface area contributed by atoms with Gasteiger partial charge < -0.3 is 4.98 Å². The number of nitrogens with one attached hydrogen (secondary N) is 1. The molecule has 0 bridgehead atoms. The van der Waals surface area contributed by atoms with Crippen molar-refractivity contribution in [2.45, 2.75) is 13.8 Å². The van der Waals surface area contributed by atoms with Gasteiger partial charge in [0.1, 0.15) is 0 Å². The zero-order chi connectivity index (χ0) is 9.26. The van der Waals surface area contributed by atoms with Crippen LogP contribution in [0.15, 0.2) is 30.3 Å². The number of hydrogen-bond acceptors (Lipinski definition) is 0. The third-order valence-corrected chi connectivity index (χ3v) is 2.06. The van der Waals surface area contributed by atoms with E-state index in [1.54, 1.807) is 0 Å². The lowest BCUT2D eigenvalue weighted by molar-refractivity contribution is 0.770. The Morgan fingerprint density at radius 2 is 2.00 bits per heavy atom. The molecule has 0 amide bonds. The third-order valence-electron chi connectivity index (χ3n) is 2.06. The molecule has 0 unspecified atom stereocenters. The molecule has 2 aromatic rings. The average Bonchev–Trinajstić information content (AvgIpc) is 2.44. The van der Waals surface area contributed by atoms with Gasteiger partial charge in [-0.05, 0) is 23.4 Å². The lowest BCUT2D eigenvalue weighted by Crippen LogP contribution is -1.89. The molecule has 0 aliphatic heterocycles. The predicted octanol–water partition coefficient (Wildman–Crippen LogP) is 3.38. The van der Waals surface area contributed by atoms with E-state index < -0.39 is 0 Å². The molecule has 0 saturated heterocycles. The molecule has 0 spiro atoms. The van der Waals surface area contributed by atoms with E-state index in [2.05, 4.69) is 55.6 Å². The molecule has 0 saturated carbocycles. The highest BCUT2D eigenvalue weighted by Gasteiger charge is 2.01. The van der Waals surface area contributed by atoms with Crippen LogP contribution in [0.25, 0.3) is 10.9 Å². The second kappa shape index (κ2) is 3.25. The van der Waals surface area contributed by atoms with Gasteiger partial charge in [-0.3, -0.25) is 0 Å². The van der Waals surface area contributed by atoms with E-state index in [0.717, 1.165) is 0 Å². The van der Waals surface area contributed by atoms with Crippen molar-refractivity contribution >= 4 is 10.9 Å². The summed E-state index contributed by atoms with van der Waals surface area (Å²) in [5.41, 5.74) is 2.44. The van der Waals surface area contributed by atoms with E-state index in [9.17, 15) is 0 Å². The van der Waals surface area contributed by atoms with Crippen LogP contribution in [0.5, 0.6) is 0 Å². The van der Waals surface area contributed by atoms with Crippen LogP contribution in [0, 0.1) is 12.3 Å². The maximum atomic E-state index is 3.37. The van der Waals surface area contributed by atoms with Crippen LogP contribution in [0.1, 0.15) is 19.5 Å². The number of para-hydroxylation sites is 1. The topological polar surface area (TPSA) is 15.8 Å². The molecule has 1 aromatic heterocycles. The molecule has 0 aliphatic rings. The van der Waals surface area contributed by atoms with Crippen LogP contribution in [-0.4, -0.2) is 4.98 Å². The highest BCUT2D eigenvalue weighted by Crippen LogP contribution is 2.17. The fourth-order valence-corrected chi connectivity index (χ4v) is 1.54. The van der Waals surface area contributed by atoms with Crippen molar-refractivity contribution in [3.05, 3.63) is 42.4 Å². The summed E-state index contributed by atoms with van der Waals surface area (Å²) in [6.45, 7) is 4.37. The quantitative estimate of drug-likeness (QED) is 0.714. The predicted molar refractivity (Wildman–Crippen MR) is 56.5 cm³/mol. The SMILES string of the molecule is CC(C)[CH]c1cc2ccccc2[nH]1. The van der Waals surface area contributed by atoms with E-state index in [1.165, 1.54) is 16.6 Å². The summed E-state index contributed by atoms with van der Waals surface area (Å²) in [7, 11) is 0. The molecule has 1 heteroatoms. The van der Waals surface area contributed by atoms with Gasteiger partial charge in [0.2, 0.25) is 0 Å². The minimum absolute atomic E-state index is 0.591. The maximum Gasteiger partial charge on any atom is 0.0456 e. The summed E-state index contributed by atoms with van der Waals surface area (Å²) in [4.78, 5) is 3.37. The van der Waals surface area contributed by atoms with Crippen LogP contribution in [-0.2, 0) is 0 Å².